The number of rotatable bonds is 7. The third kappa shape index (κ3) is 5.94. The van der Waals surface area contributed by atoms with E-state index in [0.29, 0.717) is 29.4 Å². The van der Waals surface area contributed by atoms with Crippen molar-refractivity contribution in [3.8, 4) is 28.7 Å². The molecule has 5 heterocycles. The number of nitrogens with two attached hydrogens (primary N) is 1. The number of hydrogen-bond acceptors (Lipinski definition) is 7. The molecule has 6 rings (SSSR count). The lowest BCUT2D eigenvalue weighted by atomic mass is 9.74. The van der Waals surface area contributed by atoms with E-state index in [1.807, 2.05) is 6.92 Å². The number of pyridine rings is 3. The minimum atomic E-state index is -0.917. The molecular weight excluding hydrogens is 515 g/mol. The van der Waals surface area contributed by atoms with Crippen LogP contribution in [-0.2, 0) is 6.42 Å². The van der Waals surface area contributed by atoms with Gasteiger partial charge in [-0.25, -0.2) is 18.7 Å². The lowest BCUT2D eigenvalue weighted by molar-refractivity contribution is 0.0381. The Morgan fingerprint density at radius 1 is 1.20 bits per heavy atom. The van der Waals surface area contributed by atoms with Crippen molar-refractivity contribution in [2.45, 2.75) is 64.0 Å². The molecule has 0 aromatic carbocycles. The minimum Gasteiger partial charge on any atom is -0.395 e. The number of piperidine rings is 2. The molecule has 0 radical (unpaired) electrons. The first-order chi connectivity index (χ1) is 19.1. The Labute approximate surface area is 233 Å². The highest BCUT2D eigenvalue weighted by Crippen LogP contribution is 2.39. The molecule has 3 aliphatic rings. The zero-order valence-corrected chi connectivity index (χ0v) is 23.1. The molecule has 0 atom stereocenters. The number of anilines is 1. The number of aromatic nitrogens is 3. The van der Waals surface area contributed by atoms with E-state index in [-0.39, 0.29) is 33.9 Å². The zero-order chi connectivity index (χ0) is 29.0. The van der Waals surface area contributed by atoms with Gasteiger partial charge in [0.2, 0.25) is 5.95 Å². The van der Waals surface area contributed by atoms with Gasteiger partial charge in [-0.2, -0.15) is 9.65 Å². The van der Waals surface area contributed by atoms with Crippen LogP contribution in [0.1, 0.15) is 57.2 Å². The van der Waals surface area contributed by atoms with Crippen molar-refractivity contribution in [1.29, 1.82) is 5.26 Å². The number of nitrogen functional groups attached to an aromatic ring is 1. The summed E-state index contributed by atoms with van der Waals surface area (Å²) in [6.45, 7) is 8.38. The van der Waals surface area contributed by atoms with E-state index in [1.165, 1.54) is 37.4 Å². The molecule has 3 N–H and O–H groups in total. The van der Waals surface area contributed by atoms with Gasteiger partial charge in [-0.1, -0.05) is 19.9 Å². The van der Waals surface area contributed by atoms with Crippen molar-refractivity contribution >= 4 is 11.4 Å². The fourth-order valence-corrected chi connectivity index (χ4v) is 5.58. The summed E-state index contributed by atoms with van der Waals surface area (Å²) in [4.78, 5) is 14.8. The minimum absolute atomic E-state index is 0.0211. The van der Waals surface area contributed by atoms with Crippen molar-refractivity contribution in [2.24, 2.45) is 0 Å². The van der Waals surface area contributed by atoms with Gasteiger partial charge in [0.05, 0.1) is 34.4 Å². The zero-order valence-electron chi connectivity index (χ0n) is 23.1. The SMILES string of the molecule is C=C(NC12CCC(CC1)N(C)C2)c1cc(-c2cnc(CCC)c(F)c2)nc(-c2ccc(N)c(F)n2)c1F.CC#N. The van der Waals surface area contributed by atoms with Gasteiger partial charge in [0, 0.05) is 42.5 Å². The average Bonchev–Trinajstić information content (AvgIpc) is 2.92. The van der Waals surface area contributed by atoms with Gasteiger partial charge in [-0.3, -0.25) is 4.98 Å². The molecule has 0 amide bonds. The predicted molar refractivity (Wildman–Crippen MR) is 150 cm³/mol. The van der Waals surface area contributed by atoms with Gasteiger partial charge in [0.1, 0.15) is 11.5 Å². The Kier molecular flexibility index (Phi) is 8.74. The monoisotopic (exact) mass is 549 g/mol. The second-order valence-corrected chi connectivity index (χ2v) is 10.5. The van der Waals surface area contributed by atoms with Gasteiger partial charge in [0.15, 0.2) is 5.82 Å². The van der Waals surface area contributed by atoms with E-state index >= 15 is 4.39 Å². The molecule has 40 heavy (non-hydrogen) atoms. The summed E-state index contributed by atoms with van der Waals surface area (Å²) in [5.74, 6) is -2.06. The second kappa shape index (κ2) is 12.0. The van der Waals surface area contributed by atoms with Crippen molar-refractivity contribution in [3.63, 3.8) is 0 Å². The van der Waals surface area contributed by atoms with E-state index in [0.717, 1.165) is 38.6 Å². The summed E-state index contributed by atoms with van der Waals surface area (Å²) >= 11 is 0. The van der Waals surface area contributed by atoms with Gasteiger partial charge < -0.3 is 16.0 Å². The molecule has 1 aliphatic carbocycles. The van der Waals surface area contributed by atoms with Crippen molar-refractivity contribution in [3.05, 3.63) is 65.9 Å². The van der Waals surface area contributed by atoms with E-state index in [2.05, 4.69) is 38.8 Å². The molecule has 2 aliphatic heterocycles. The molecule has 3 fully saturated rings. The summed E-state index contributed by atoms with van der Waals surface area (Å²) in [6, 6.07) is 7.93. The quantitative estimate of drug-likeness (QED) is 0.355. The van der Waals surface area contributed by atoms with Gasteiger partial charge in [0.25, 0.3) is 0 Å². The second-order valence-electron chi connectivity index (χ2n) is 10.5. The predicted octanol–water partition coefficient (Wildman–Crippen LogP) is 5.87. The number of nitrogens with zero attached hydrogens (tertiary/aromatic N) is 5. The Morgan fingerprint density at radius 2 is 1.90 bits per heavy atom. The van der Waals surface area contributed by atoms with E-state index < -0.39 is 17.6 Å². The van der Waals surface area contributed by atoms with Gasteiger partial charge >= 0.3 is 0 Å². The molecule has 1 saturated carbocycles. The lowest BCUT2D eigenvalue weighted by Crippen LogP contribution is -2.62. The summed E-state index contributed by atoms with van der Waals surface area (Å²) in [6.07, 6.45) is 6.84. The van der Waals surface area contributed by atoms with Crippen LogP contribution in [0.4, 0.5) is 18.9 Å². The average molecular weight is 550 g/mol. The number of nitrogens with one attached hydrogen (secondary N) is 1. The van der Waals surface area contributed by atoms with Crippen LogP contribution in [0.25, 0.3) is 28.3 Å². The van der Waals surface area contributed by atoms with Crippen LogP contribution >= 0.6 is 0 Å². The van der Waals surface area contributed by atoms with Crippen molar-refractivity contribution in [2.75, 3.05) is 19.3 Å². The van der Waals surface area contributed by atoms with Crippen LogP contribution in [0.2, 0.25) is 0 Å². The molecule has 3 aromatic rings. The highest BCUT2D eigenvalue weighted by atomic mass is 19.1. The lowest BCUT2D eigenvalue weighted by Gasteiger charge is -2.52. The molecule has 0 unspecified atom stereocenters. The molecule has 10 heteroatoms. The molecule has 3 aromatic heterocycles. The summed E-state index contributed by atoms with van der Waals surface area (Å²) in [7, 11) is 2.11. The normalized spacial score (nSPS) is 19.9. The third-order valence-corrected chi connectivity index (χ3v) is 7.61. The summed E-state index contributed by atoms with van der Waals surface area (Å²) in [5, 5.41) is 10.8. The standard InChI is InChI=1S/C28H31F3N6.C2H3N/c1-4-5-22-20(29)12-17(14-33-22)24-13-19(16(2)36-28-10-8-18(9-11-28)37(3)15-28)25(30)26(34-24)23-7-6-21(32)27(31)35-23;1-2-3/h6-7,12-14,18,36H,2,4-5,8-11,15,32H2,1,3H3;1H3. The van der Waals surface area contributed by atoms with E-state index in [9.17, 15) is 8.78 Å². The fraction of sp³-hybridized carbons (Fsp3) is 0.400. The maximum atomic E-state index is 16.0. The molecule has 7 nitrogen and oxygen atoms in total. The van der Waals surface area contributed by atoms with Crippen LogP contribution in [0.5, 0.6) is 0 Å². The van der Waals surface area contributed by atoms with Crippen molar-refractivity contribution in [1.82, 2.24) is 25.2 Å². The van der Waals surface area contributed by atoms with Crippen LogP contribution < -0.4 is 11.1 Å². The number of fused-ring (bicyclic) bond motifs is 3. The first-order valence-corrected chi connectivity index (χ1v) is 13.4. The summed E-state index contributed by atoms with van der Waals surface area (Å²) < 4.78 is 45.0. The summed E-state index contributed by atoms with van der Waals surface area (Å²) in [5.41, 5.74) is 6.60. The van der Waals surface area contributed by atoms with Gasteiger partial charge in [-0.15, -0.1) is 0 Å². The number of likely N-dealkylation sites (N-methyl/N-ethyl adjacent to an activating group) is 1. The molecule has 210 valence electrons. The molecule has 2 bridgehead atoms. The van der Waals surface area contributed by atoms with E-state index in [4.69, 9.17) is 11.0 Å². The Morgan fingerprint density at radius 3 is 2.50 bits per heavy atom. The van der Waals surface area contributed by atoms with Crippen molar-refractivity contribution < 1.29 is 13.2 Å². The molecule has 2 saturated heterocycles. The van der Waals surface area contributed by atoms with E-state index in [1.54, 1.807) is 6.07 Å². The number of hydrogen-bond donors (Lipinski definition) is 2. The maximum Gasteiger partial charge on any atom is 0.236 e. The Hall–Kier alpha value is -3.97. The Bertz CT molecular complexity index is 1440. The third-order valence-electron chi connectivity index (χ3n) is 7.61. The first-order valence-electron chi connectivity index (χ1n) is 13.4. The van der Waals surface area contributed by atoms with Gasteiger partial charge in [-0.05, 0) is 63.4 Å². The number of aryl methyl sites for hydroxylation is 1. The molecule has 0 spiro atoms. The Balaban J connectivity index is 0.00000118. The number of halogens is 3. The van der Waals surface area contributed by atoms with Crippen LogP contribution in [0, 0.1) is 28.9 Å². The van der Waals surface area contributed by atoms with Crippen LogP contribution in [0.15, 0.2) is 37.0 Å². The first kappa shape index (κ1) is 29.0. The smallest absolute Gasteiger partial charge is 0.236 e. The molecular formula is C30H34F3N7. The highest BCUT2D eigenvalue weighted by molar-refractivity contribution is 5.74. The largest absolute Gasteiger partial charge is 0.395 e. The van der Waals surface area contributed by atoms with Crippen LogP contribution in [0.3, 0.4) is 0 Å². The maximum absolute atomic E-state index is 16.0. The fourth-order valence-electron chi connectivity index (χ4n) is 5.58. The van der Waals surface area contributed by atoms with Crippen LogP contribution in [-0.4, -0.2) is 45.0 Å². The number of nitriles is 1. The topological polar surface area (TPSA) is 104 Å². The highest BCUT2D eigenvalue weighted by Gasteiger charge is 2.43.